The lowest BCUT2D eigenvalue weighted by Crippen LogP contribution is -1.75. The molecule has 0 heterocycles. The predicted molar refractivity (Wildman–Crippen MR) is 63.0 cm³/mol. The minimum Gasteiger partial charge on any atom is -0.400 e. The number of aryl methyl sites for hydroxylation is 1. The smallest absolute Gasteiger partial charge is 0.0319 e. The molecule has 1 nitrogen and oxygen atoms in total. The fourth-order valence-electron chi connectivity index (χ4n) is 0.720. The van der Waals surface area contributed by atoms with Gasteiger partial charge in [-0.2, -0.15) is 0 Å². The van der Waals surface area contributed by atoms with Crippen LogP contribution in [0.1, 0.15) is 26.3 Å². The van der Waals surface area contributed by atoms with E-state index in [9.17, 15) is 0 Å². The highest BCUT2D eigenvalue weighted by Gasteiger charge is 1.86. The highest BCUT2D eigenvalue weighted by Crippen LogP contribution is 2.10. The Labute approximate surface area is 89.9 Å². The molecule has 0 saturated carbocycles. The monoisotopic (exact) mass is 246 g/mol. The van der Waals surface area contributed by atoms with Crippen LogP contribution in [-0.4, -0.2) is 12.2 Å². The Morgan fingerprint density at radius 1 is 1.08 bits per heavy atom. The van der Waals surface area contributed by atoms with E-state index in [-0.39, 0.29) is 0 Å². The quantitative estimate of drug-likeness (QED) is 0.803. The molecule has 0 amide bonds. The number of rotatable bonds is 1. The fraction of sp³-hybridized carbons (Fsp3) is 0.455. The Kier molecular flexibility index (Phi) is 13.6. The van der Waals surface area contributed by atoms with Gasteiger partial charge < -0.3 is 5.11 Å². The molecular weight excluding hydrogens is 228 g/mol. The zero-order valence-electron chi connectivity index (χ0n) is 8.84. The first-order valence-electron chi connectivity index (χ1n) is 4.52. The van der Waals surface area contributed by atoms with E-state index in [0.717, 1.165) is 18.0 Å². The van der Waals surface area contributed by atoms with Crippen LogP contribution in [-0.2, 0) is 6.42 Å². The molecule has 0 unspecified atom stereocenters. The van der Waals surface area contributed by atoms with Crippen molar-refractivity contribution in [2.45, 2.75) is 27.2 Å². The fourth-order valence-corrected chi connectivity index (χ4v) is 0.984. The minimum absolute atomic E-state index is 1.00. The van der Waals surface area contributed by atoms with E-state index in [1.54, 1.807) is 0 Å². The van der Waals surface area contributed by atoms with E-state index in [1.807, 2.05) is 13.8 Å². The van der Waals surface area contributed by atoms with Crippen molar-refractivity contribution in [3.05, 3.63) is 34.3 Å². The van der Waals surface area contributed by atoms with Crippen LogP contribution in [0.25, 0.3) is 0 Å². The van der Waals surface area contributed by atoms with Crippen molar-refractivity contribution in [3.63, 3.8) is 0 Å². The minimum atomic E-state index is 1.00. The van der Waals surface area contributed by atoms with Crippen molar-refractivity contribution in [2.24, 2.45) is 0 Å². The van der Waals surface area contributed by atoms with Crippen LogP contribution < -0.4 is 0 Å². The summed E-state index contributed by atoms with van der Waals surface area (Å²) in [5.74, 6) is 0. The lowest BCUT2D eigenvalue weighted by Gasteiger charge is -1.93. The third-order valence-corrected chi connectivity index (χ3v) is 1.85. The molecule has 1 aromatic rings. The first kappa shape index (κ1) is 15.1. The normalized spacial score (nSPS) is 7.54. The molecule has 0 spiro atoms. The Morgan fingerprint density at radius 3 is 1.77 bits per heavy atom. The second kappa shape index (κ2) is 11.7. The van der Waals surface area contributed by atoms with E-state index in [0.29, 0.717) is 0 Å². The number of halogens is 1. The molecule has 2 heteroatoms. The van der Waals surface area contributed by atoms with Crippen LogP contribution in [0.4, 0.5) is 0 Å². The first-order chi connectivity index (χ1) is 6.33. The third kappa shape index (κ3) is 8.00. The predicted octanol–water partition coefficient (Wildman–Crippen LogP) is 3.65. The van der Waals surface area contributed by atoms with Gasteiger partial charge in [-0.15, -0.1) is 0 Å². The van der Waals surface area contributed by atoms with E-state index < -0.39 is 0 Å². The number of aliphatic hydroxyl groups excluding tert-OH is 1. The lowest BCUT2D eigenvalue weighted by atomic mass is 10.2. The summed E-state index contributed by atoms with van der Waals surface area (Å²) in [6.45, 7) is 6.16. The standard InChI is InChI=1S/C8H9Br.C2H6.CH4O/c1-2-7-3-5-8(9)6-4-7;2*1-2/h3-6H,2H2,1H3;1-2H3;2H,1H3. The Hall–Kier alpha value is -0.340. The molecule has 0 aromatic heterocycles. The van der Waals surface area contributed by atoms with E-state index in [2.05, 4.69) is 47.1 Å². The average Bonchev–Trinajstić information content (AvgIpc) is 2.25. The summed E-state index contributed by atoms with van der Waals surface area (Å²) in [6.07, 6.45) is 1.12. The van der Waals surface area contributed by atoms with Gasteiger partial charge in [-0.3, -0.25) is 0 Å². The van der Waals surface area contributed by atoms with Crippen LogP contribution in [0.15, 0.2) is 28.7 Å². The Morgan fingerprint density at radius 2 is 1.46 bits per heavy atom. The molecule has 0 aliphatic rings. The summed E-state index contributed by atoms with van der Waals surface area (Å²) in [5, 5.41) is 7.00. The van der Waals surface area contributed by atoms with Crippen molar-refractivity contribution in [2.75, 3.05) is 7.11 Å². The van der Waals surface area contributed by atoms with Gasteiger partial charge in [0.2, 0.25) is 0 Å². The summed E-state index contributed by atoms with van der Waals surface area (Å²) in [6, 6.07) is 8.39. The molecule has 0 saturated heterocycles. The zero-order chi connectivity index (χ0) is 10.7. The highest BCUT2D eigenvalue weighted by molar-refractivity contribution is 9.10. The van der Waals surface area contributed by atoms with Crippen molar-refractivity contribution < 1.29 is 5.11 Å². The van der Waals surface area contributed by atoms with Crippen LogP contribution in [0, 0.1) is 0 Å². The van der Waals surface area contributed by atoms with Crippen molar-refractivity contribution >= 4 is 15.9 Å². The maximum Gasteiger partial charge on any atom is 0.0319 e. The molecule has 76 valence electrons. The van der Waals surface area contributed by atoms with Crippen LogP contribution in [0.2, 0.25) is 0 Å². The van der Waals surface area contributed by atoms with E-state index in [1.165, 1.54) is 5.56 Å². The van der Waals surface area contributed by atoms with Crippen molar-refractivity contribution in [1.29, 1.82) is 0 Å². The Balaban J connectivity index is 0. The van der Waals surface area contributed by atoms with Crippen molar-refractivity contribution in [1.82, 2.24) is 0 Å². The molecule has 0 bridgehead atoms. The van der Waals surface area contributed by atoms with Crippen molar-refractivity contribution in [3.8, 4) is 0 Å². The summed E-state index contributed by atoms with van der Waals surface area (Å²) in [5.41, 5.74) is 1.39. The molecular formula is C11H19BrO. The summed E-state index contributed by atoms with van der Waals surface area (Å²) < 4.78 is 1.15. The van der Waals surface area contributed by atoms with Gasteiger partial charge >= 0.3 is 0 Å². The second-order valence-corrected chi connectivity index (χ2v) is 2.90. The molecule has 0 fully saturated rings. The third-order valence-electron chi connectivity index (χ3n) is 1.32. The SMILES string of the molecule is CC.CCc1ccc(Br)cc1.CO. The van der Waals surface area contributed by atoms with Gasteiger partial charge in [-0.25, -0.2) is 0 Å². The summed E-state index contributed by atoms with van der Waals surface area (Å²) in [7, 11) is 1.00. The van der Waals surface area contributed by atoms with Gasteiger partial charge in [-0.1, -0.05) is 48.8 Å². The number of benzene rings is 1. The van der Waals surface area contributed by atoms with Crippen LogP contribution in [0.3, 0.4) is 0 Å². The van der Waals surface area contributed by atoms with Gasteiger partial charge in [0.25, 0.3) is 0 Å². The van der Waals surface area contributed by atoms with Gasteiger partial charge in [0.15, 0.2) is 0 Å². The molecule has 0 radical (unpaired) electrons. The second-order valence-electron chi connectivity index (χ2n) is 1.98. The number of aliphatic hydroxyl groups is 1. The van der Waals surface area contributed by atoms with E-state index >= 15 is 0 Å². The molecule has 13 heavy (non-hydrogen) atoms. The molecule has 0 aliphatic carbocycles. The maximum absolute atomic E-state index is 7.00. The topological polar surface area (TPSA) is 20.2 Å². The molecule has 0 atom stereocenters. The zero-order valence-corrected chi connectivity index (χ0v) is 10.4. The lowest BCUT2D eigenvalue weighted by molar-refractivity contribution is 0.399. The van der Waals surface area contributed by atoms with Crippen LogP contribution >= 0.6 is 15.9 Å². The number of hydrogen-bond donors (Lipinski definition) is 1. The first-order valence-corrected chi connectivity index (χ1v) is 5.31. The van der Waals surface area contributed by atoms with Gasteiger partial charge in [0.1, 0.15) is 0 Å². The largest absolute Gasteiger partial charge is 0.400 e. The van der Waals surface area contributed by atoms with Gasteiger partial charge in [0.05, 0.1) is 0 Å². The summed E-state index contributed by atoms with van der Waals surface area (Å²) >= 11 is 3.37. The summed E-state index contributed by atoms with van der Waals surface area (Å²) in [4.78, 5) is 0. The average molecular weight is 247 g/mol. The maximum atomic E-state index is 7.00. The molecule has 0 aliphatic heterocycles. The molecule has 1 aromatic carbocycles. The van der Waals surface area contributed by atoms with Crippen LogP contribution in [0.5, 0.6) is 0 Å². The molecule has 1 N–H and O–H groups in total. The van der Waals surface area contributed by atoms with E-state index in [4.69, 9.17) is 5.11 Å². The van der Waals surface area contributed by atoms with Gasteiger partial charge in [-0.05, 0) is 24.1 Å². The van der Waals surface area contributed by atoms with Gasteiger partial charge in [0, 0.05) is 11.6 Å². The Bertz CT molecular complexity index is 182. The highest BCUT2D eigenvalue weighted by atomic mass is 79.9. The molecule has 1 rings (SSSR count). The number of hydrogen-bond acceptors (Lipinski definition) is 1.